The van der Waals surface area contributed by atoms with Crippen molar-refractivity contribution in [3.05, 3.63) is 24.3 Å². The van der Waals surface area contributed by atoms with Crippen molar-refractivity contribution in [3.63, 3.8) is 0 Å². The highest BCUT2D eigenvalue weighted by atomic mass is 16.6. The minimum absolute atomic E-state index is 0.0695. The van der Waals surface area contributed by atoms with E-state index in [-0.39, 0.29) is 24.5 Å². The second-order valence-corrected chi connectivity index (χ2v) is 7.15. The summed E-state index contributed by atoms with van der Waals surface area (Å²) in [5.74, 6) is -0.0695. The molecule has 7 nitrogen and oxygen atoms in total. The molecule has 0 spiro atoms. The maximum absolute atomic E-state index is 12.3. The largest absolute Gasteiger partial charge is 0.444 e. The number of likely N-dealkylation sites (N-methyl/N-ethyl adjacent to an activating group) is 1. The molecule has 0 N–H and O–H groups in total. The zero-order valence-corrected chi connectivity index (χ0v) is 14.9. The molecule has 1 aliphatic heterocycles. The van der Waals surface area contributed by atoms with Gasteiger partial charge < -0.3 is 9.64 Å². The van der Waals surface area contributed by atoms with Gasteiger partial charge in [-0.2, -0.15) is 0 Å². The third-order valence-corrected chi connectivity index (χ3v) is 3.91. The zero-order valence-electron chi connectivity index (χ0n) is 14.9. The molecule has 2 rings (SSSR count). The van der Waals surface area contributed by atoms with Crippen molar-refractivity contribution in [2.75, 3.05) is 26.7 Å². The first-order valence-electron chi connectivity index (χ1n) is 8.23. The van der Waals surface area contributed by atoms with Gasteiger partial charge in [0.25, 0.3) is 0 Å². The standard InChI is InChI=1S/C17H26N4O3/c1-17(2,3)24-16(23)21-9-5-6-13(11-21)20(4)12-15(22)14-10-18-7-8-19-14/h7-8,10,13H,5-6,9,11-12H2,1-4H3. The normalized spacial score (nSPS) is 18.5. The van der Waals surface area contributed by atoms with Crippen LogP contribution in [-0.4, -0.2) is 70.0 Å². The number of likely N-dealkylation sites (tertiary alicyclic amines) is 1. The van der Waals surface area contributed by atoms with Crippen LogP contribution >= 0.6 is 0 Å². The van der Waals surface area contributed by atoms with Crippen molar-refractivity contribution in [2.24, 2.45) is 0 Å². The van der Waals surface area contributed by atoms with Crippen LogP contribution in [0, 0.1) is 0 Å². The summed E-state index contributed by atoms with van der Waals surface area (Å²) >= 11 is 0. The third kappa shape index (κ3) is 5.26. The quantitative estimate of drug-likeness (QED) is 0.784. The van der Waals surface area contributed by atoms with Gasteiger partial charge in [0.1, 0.15) is 11.3 Å². The molecule has 1 fully saturated rings. The molecular weight excluding hydrogens is 308 g/mol. The van der Waals surface area contributed by atoms with Crippen molar-refractivity contribution in [2.45, 2.75) is 45.3 Å². The van der Waals surface area contributed by atoms with E-state index in [1.807, 2.05) is 32.7 Å². The van der Waals surface area contributed by atoms with E-state index in [2.05, 4.69) is 9.97 Å². The molecular formula is C17H26N4O3. The molecule has 2 heterocycles. The molecule has 0 saturated carbocycles. The minimum atomic E-state index is -0.502. The predicted molar refractivity (Wildman–Crippen MR) is 89.8 cm³/mol. The Morgan fingerprint density at radius 3 is 2.75 bits per heavy atom. The van der Waals surface area contributed by atoms with E-state index in [0.717, 1.165) is 12.8 Å². The molecule has 1 saturated heterocycles. The number of ketones is 1. The number of rotatable bonds is 4. The molecule has 7 heteroatoms. The lowest BCUT2D eigenvalue weighted by atomic mass is 10.0. The molecule has 0 aromatic carbocycles. The van der Waals surface area contributed by atoms with Gasteiger partial charge in [-0.15, -0.1) is 0 Å². The van der Waals surface area contributed by atoms with Crippen molar-refractivity contribution in [1.82, 2.24) is 19.8 Å². The van der Waals surface area contributed by atoms with Gasteiger partial charge in [-0.3, -0.25) is 14.7 Å². The minimum Gasteiger partial charge on any atom is -0.444 e. The highest BCUT2D eigenvalue weighted by Crippen LogP contribution is 2.18. The number of hydrogen-bond acceptors (Lipinski definition) is 6. The first-order chi connectivity index (χ1) is 11.3. The Morgan fingerprint density at radius 2 is 2.12 bits per heavy atom. The van der Waals surface area contributed by atoms with E-state index in [0.29, 0.717) is 18.8 Å². The SMILES string of the molecule is CN(CC(=O)c1cnccn1)C1CCCN(C(=O)OC(C)(C)C)C1. The van der Waals surface area contributed by atoms with Crippen LogP contribution in [0.25, 0.3) is 0 Å². The van der Waals surface area contributed by atoms with Crippen molar-refractivity contribution in [3.8, 4) is 0 Å². The maximum Gasteiger partial charge on any atom is 0.410 e. The second kappa shape index (κ2) is 7.70. The molecule has 1 amide bonds. The monoisotopic (exact) mass is 334 g/mol. The van der Waals surface area contributed by atoms with Gasteiger partial charge in [0.05, 0.1) is 12.7 Å². The van der Waals surface area contributed by atoms with Crippen LogP contribution in [0.3, 0.4) is 0 Å². The van der Waals surface area contributed by atoms with E-state index >= 15 is 0 Å². The topological polar surface area (TPSA) is 75.6 Å². The van der Waals surface area contributed by atoms with Crippen molar-refractivity contribution >= 4 is 11.9 Å². The van der Waals surface area contributed by atoms with Crippen molar-refractivity contribution < 1.29 is 14.3 Å². The van der Waals surface area contributed by atoms with E-state index in [9.17, 15) is 9.59 Å². The fourth-order valence-electron chi connectivity index (χ4n) is 2.69. The van der Waals surface area contributed by atoms with E-state index < -0.39 is 5.60 Å². The summed E-state index contributed by atoms with van der Waals surface area (Å²) in [6, 6.07) is 0.131. The molecule has 1 aromatic heterocycles. The number of Topliss-reactive ketones (excluding diaryl/α,β-unsaturated/α-hetero) is 1. The number of piperidine rings is 1. The Bertz CT molecular complexity index is 571. The van der Waals surface area contributed by atoms with Gasteiger partial charge in [-0.1, -0.05) is 0 Å². The highest BCUT2D eigenvalue weighted by molar-refractivity contribution is 5.95. The lowest BCUT2D eigenvalue weighted by Crippen LogP contribution is -2.50. The van der Waals surface area contributed by atoms with Gasteiger partial charge >= 0.3 is 6.09 Å². The summed E-state index contributed by atoms with van der Waals surface area (Å²) in [6.45, 7) is 7.09. The summed E-state index contributed by atoms with van der Waals surface area (Å²) in [5.41, 5.74) is -0.137. The molecule has 1 aliphatic rings. The van der Waals surface area contributed by atoms with E-state index in [4.69, 9.17) is 4.74 Å². The lowest BCUT2D eigenvalue weighted by Gasteiger charge is -2.37. The first-order valence-corrected chi connectivity index (χ1v) is 8.23. The highest BCUT2D eigenvalue weighted by Gasteiger charge is 2.30. The van der Waals surface area contributed by atoms with Crippen LogP contribution in [0.1, 0.15) is 44.1 Å². The predicted octanol–water partition coefficient (Wildman–Crippen LogP) is 1.99. The van der Waals surface area contributed by atoms with Gasteiger partial charge in [-0.05, 0) is 40.7 Å². The summed E-state index contributed by atoms with van der Waals surface area (Å²) in [4.78, 5) is 36.1. The fourth-order valence-corrected chi connectivity index (χ4v) is 2.69. The van der Waals surface area contributed by atoms with Crippen LogP contribution in [0.2, 0.25) is 0 Å². The van der Waals surface area contributed by atoms with Crippen LogP contribution in [-0.2, 0) is 4.74 Å². The Kier molecular flexibility index (Phi) is 5.88. The lowest BCUT2D eigenvalue weighted by molar-refractivity contribution is 0.0129. The average Bonchev–Trinajstić information content (AvgIpc) is 2.54. The van der Waals surface area contributed by atoms with Gasteiger partial charge in [-0.25, -0.2) is 9.78 Å². The second-order valence-electron chi connectivity index (χ2n) is 7.15. The summed E-state index contributed by atoms with van der Waals surface area (Å²) < 4.78 is 5.44. The van der Waals surface area contributed by atoms with Crippen LogP contribution < -0.4 is 0 Å². The first kappa shape index (κ1) is 18.3. The third-order valence-electron chi connectivity index (χ3n) is 3.91. The summed E-state index contributed by atoms with van der Waals surface area (Å²) in [6.07, 6.45) is 6.08. The Hall–Kier alpha value is -2.02. The van der Waals surface area contributed by atoms with Crippen LogP contribution in [0.15, 0.2) is 18.6 Å². The smallest absolute Gasteiger partial charge is 0.410 e. The average molecular weight is 334 g/mol. The molecule has 1 unspecified atom stereocenters. The Morgan fingerprint density at radius 1 is 1.38 bits per heavy atom. The number of ether oxygens (including phenoxy) is 1. The molecule has 132 valence electrons. The zero-order chi connectivity index (χ0) is 17.7. The number of hydrogen-bond donors (Lipinski definition) is 0. The Labute approximate surface area is 143 Å². The number of amides is 1. The molecule has 0 radical (unpaired) electrons. The molecule has 1 atom stereocenters. The van der Waals surface area contributed by atoms with Gasteiger partial charge in [0.15, 0.2) is 5.78 Å². The van der Waals surface area contributed by atoms with Crippen LogP contribution in [0.4, 0.5) is 4.79 Å². The van der Waals surface area contributed by atoms with Crippen LogP contribution in [0.5, 0.6) is 0 Å². The summed E-state index contributed by atoms with van der Waals surface area (Å²) in [7, 11) is 1.90. The molecule has 1 aromatic rings. The number of aromatic nitrogens is 2. The van der Waals surface area contributed by atoms with Gasteiger partial charge in [0, 0.05) is 31.5 Å². The van der Waals surface area contributed by atoms with Crippen molar-refractivity contribution in [1.29, 1.82) is 0 Å². The Balaban J connectivity index is 1.91. The number of carbonyl (C=O) groups is 2. The number of carbonyl (C=O) groups excluding carboxylic acids is 2. The van der Waals surface area contributed by atoms with E-state index in [1.54, 1.807) is 11.1 Å². The fraction of sp³-hybridized carbons (Fsp3) is 0.647. The van der Waals surface area contributed by atoms with Gasteiger partial charge in [0.2, 0.25) is 0 Å². The molecule has 24 heavy (non-hydrogen) atoms. The maximum atomic E-state index is 12.3. The molecule has 0 bridgehead atoms. The molecule has 0 aliphatic carbocycles. The van der Waals surface area contributed by atoms with E-state index in [1.165, 1.54) is 12.4 Å². The summed E-state index contributed by atoms with van der Waals surface area (Å²) in [5, 5.41) is 0. The number of nitrogens with zero attached hydrogens (tertiary/aromatic N) is 4.